The molecular formula is C18H27N3O2S. The molecule has 1 aromatic carbocycles. The van der Waals surface area contributed by atoms with Gasteiger partial charge in [-0.3, -0.25) is 4.99 Å². The van der Waals surface area contributed by atoms with E-state index < -0.39 is 0 Å². The highest BCUT2D eigenvalue weighted by atomic mass is 32.2. The van der Waals surface area contributed by atoms with Crippen molar-refractivity contribution in [3.05, 3.63) is 30.3 Å². The number of rotatable bonds is 5. The van der Waals surface area contributed by atoms with E-state index in [2.05, 4.69) is 39.5 Å². The number of nitrogens with one attached hydrogen (secondary N) is 1. The number of ether oxygens (including phenoxy) is 2. The largest absolute Gasteiger partial charge is 0.375 e. The number of nitrogens with zero attached hydrogens (tertiary/aromatic N) is 2. The van der Waals surface area contributed by atoms with Gasteiger partial charge in [0.2, 0.25) is 0 Å². The third-order valence-corrected chi connectivity index (χ3v) is 5.40. The average Bonchev–Trinajstić information content (AvgIpc) is 3.18. The van der Waals surface area contributed by atoms with Crippen molar-refractivity contribution in [3.63, 3.8) is 0 Å². The van der Waals surface area contributed by atoms with Crippen LogP contribution in [0.4, 0.5) is 0 Å². The normalized spacial score (nSPS) is 25.0. The molecule has 24 heavy (non-hydrogen) atoms. The zero-order valence-electron chi connectivity index (χ0n) is 14.3. The Balaban J connectivity index is 1.43. The molecule has 0 radical (unpaired) electrons. The van der Waals surface area contributed by atoms with Crippen molar-refractivity contribution in [2.24, 2.45) is 4.99 Å². The highest BCUT2D eigenvalue weighted by molar-refractivity contribution is 7.99. The summed E-state index contributed by atoms with van der Waals surface area (Å²) in [6.07, 6.45) is 2.67. The molecule has 2 aliphatic heterocycles. The summed E-state index contributed by atoms with van der Waals surface area (Å²) in [4.78, 5) is 8.04. The van der Waals surface area contributed by atoms with Gasteiger partial charge >= 0.3 is 0 Å². The lowest BCUT2D eigenvalue weighted by atomic mass is 10.1. The van der Waals surface area contributed by atoms with E-state index in [0.717, 1.165) is 57.4 Å². The molecule has 132 valence electrons. The average molecular weight is 350 g/mol. The van der Waals surface area contributed by atoms with E-state index >= 15 is 0 Å². The molecule has 0 spiro atoms. The van der Waals surface area contributed by atoms with Crippen LogP contribution in [0, 0.1) is 0 Å². The summed E-state index contributed by atoms with van der Waals surface area (Å²) < 4.78 is 11.7. The van der Waals surface area contributed by atoms with Crippen LogP contribution in [0.15, 0.2) is 40.2 Å². The maximum absolute atomic E-state index is 5.92. The fourth-order valence-corrected chi connectivity index (χ4v) is 3.96. The first-order valence-electron chi connectivity index (χ1n) is 8.73. The van der Waals surface area contributed by atoms with Gasteiger partial charge in [-0.15, -0.1) is 11.8 Å². The minimum Gasteiger partial charge on any atom is -0.375 e. The predicted molar refractivity (Wildman–Crippen MR) is 98.8 cm³/mol. The number of aliphatic imine (C=N–C) groups is 1. The van der Waals surface area contributed by atoms with Crippen LogP contribution in [-0.4, -0.2) is 68.7 Å². The Morgan fingerprint density at radius 1 is 1.25 bits per heavy atom. The quantitative estimate of drug-likeness (QED) is 0.382. The van der Waals surface area contributed by atoms with Crippen LogP contribution in [0.25, 0.3) is 0 Å². The van der Waals surface area contributed by atoms with E-state index in [1.165, 1.54) is 4.90 Å². The number of morpholine rings is 1. The summed E-state index contributed by atoms with van der Waals surface area (Å²) in [5, 5.41) is 3.48. The van der Waals surface area contributed by atoms with E-state index in [-0.39, 0.29) is 12.2 Å². The maximum Gasteiger partial charge on any atom is 0.193 e. The molecule has 0 aromatic heterocycles. The molecule has 2 aliphatic rings. The summed E-state index contributed by atoms with van der Waals surface area (Å²) in [6.45, 7) is 4.25. The second-order valence-electron chi connectivity index (χ2n) is 6.04. The molecule has 2 saturated heterocycles. The van der Waals surface area contributed by atoms with Gasteiger partial charge in [0.05, 0.1) is 12.7 Å². The van der Waals surface area contributed by atoms with E-state index in [9.17, 15) is 0 Å². The number of guanidine groups is 1. The summed E-state index contributed by atoms with van der Waals surface area (Å²) in [5.41, 5.74) is 0. The molecule has 2 unspecified atom stereocenters. The van der Waals surface area contributed by atoms with Crippen LogP contribution in [0.5, 0.6) is 0 Å². The van der Waals surface area contributed by atoms with Gasteiger partial charge in [-0.25, -0.2) is 0 Å². The van der Waals surface area contributed by atoms with Crippen molar-refractivity contribution in [3.8, 4) is 0 Å². The summed E-state index contributed by atoms with van der Waals surface area (Å²) in [5.74, 6) is 1.98. The lowest BCUT2D eigenvalue weighted by Crippen LogP contribution is -2.53. The minimum absolute atomic E-state index is 0.165. The van der Waals surface area contributed by atoms with Crippen molar-refractivity contribution >= 4 is 17.7 Å². The molecule has 2 fully saturated rings. The first-order chi connectivity index (χ1) is 11.9. The van der Waals surface area contributed by atoms with Gasteiger partial charge < -0.3 is 19.7 Å². The van der Waals surface area contributed by atoms with Crippen LogP contribution in [0.1, 0.15) is 12.8 Å². The highest BCUT2D eigenvalue weighted by Gasteiger charge is 2.32. The highest BCUT2D eigenvalue weighted by Crippen LogP contribution is 2.21. The molecule has 0 bridgehead atoms. The monoisotopic (exact) mass is 349 g/mol. The van der Waals surface area contributed by atoms with Gasteiger partial charge in [-0.2, -0.15) is 0 Å². The zero-order valence-corrected chi connectivity index (χ0v) is 15.1. The smallest absolute Gasteiger partial charge is 0.193 e. The summed E-state index contributed by atoms with van der Waals surface area (Å²) >= 11 is 1.86. The Bertz CT molecular complexity index is 520. The Kier molecular flexibility index (Phi) is 6.81. The molecular weight excluding hydrogens is 322 g/mol. The Hall–Kier alpha value is -1.24. The second-order valence-corrected chi connectivity index (χ2v) is 7.21. The minimum atomic E-state index is 0.165. The van der Waals surface area contributed by atoms with Gasteiger partial charge in [0.1, 0.15) is 6.10 Å². The fraction of sp³-hybridized carbons (Fsp3) is 0.611. The van der Waals surface area contributed by atoms with Crippen LogP contribution < -0.4 is 5.32 Å². The van der Waals surface area contributed by atoms with E-state index in [1.807, 2.05) is 24.9 Å². The topological polar surface area (TPSA) is 46.1 Å². The molecule has 6 heteroatoms. The van der Waals surface area contributed by atoms with Crippen LogP contribution >= 0.6 is 11.8 Å². The maximum atomic E-state index is 5.92. The van der Waals surface area contributed by atoms with Crippen molar-refractivity contribution in [1.29, 1.82) is 0 Å². The fourth-order valence-electron chi connectivity index (χ4n) is 3.17. The van der Waals surface area contributed by atoms with Crippen molar-refractivity contribution < 1.29 is 9.47 Å². The number of benzene rings is 1. The van der Waals surface area contributed by atoms with Crippen LogP contribution in [0.2, 0.25) is 0 Å². The van der Waals surface area contributed by atoms with E-state index in [1.54, 1.807) is 0 Å². The van der Waals surface area contributed by atoms with Gasteiger partial charge in [0.25, 0.3) is 0 Å². The van der Waals surface area contributed by atoms with Crippen molar-refractivity contribution in [2.75, 3.05) is 45.6 Å². The van der Waals surface area contributed by atoms with Gasteiger partial charge in [-0.05, 0) is 25.0 Å². The lowest BCUT2D eigenvalue weighted by molar-refractivity contribution is -0.0816. The van der Waals surface area contributed by atoms with E-state index in [4.69, 9.17) is 9.47 Å². The number of thioether (sulfide) groups is 1. The Labute approximate surface area is 148 Å². The molecule has 1 N–H and O–H groups in total. The van der Waals surface area contributed by atoms with Gasteiger partial charge in [0, 0.05) is 43.9 Å². The number of hydrogen-bond donors (Lipinski definition) is 1. The van der Waals surface area contributed by atoms with Gasteiger partial charge in [0.15, 0.2) is 5.96 Å². The van der Waals surface area contributed by atoms with Crippen LogP contribution in [-0.2, 0) is 9.47 Å². The lowest BCUT2D eigenvalue weighted by Gasteiger charge is -2.37. The van der Waals surface area contributed by atoms with E-state index in [0.29, 0.717) is 0 Å². The molecule has 0 amide bonds. The first kappa shape index (κ1) is 17.6. The van der Waals surface area contributed by atoms with Gasteiger partial charge in [-0.1, -0.05) is 18.2 Å². The third-order valence-electron chi connectivity index (χ3n) is 4.38. The first-order valence-corrected chi connectivity index (χ1v) is 9.72. The molecule has 0 saturated carbocycles. The molecule has 2 atom stereocenters. The SMILES string of the molecule is CN=C(NCCSc1ccccc1)N1CCOC(C2CCCO2)C1. The van der Waals surface area contributed by atoms with Crippen molar-refractivity contribution in [1.82, 2.24) is 10.2 Å². The molecule has 2 heterocycles. The molecule has 5 nitrogen and oxygen atoms in total. The molecule has 1 aromatic rings. The zero-order chi connectivity index (χ0) is 16.6. The summed E-state index contributed by atoms with van der Waals surface area (Å²) in [7, 11) is 1.85. The molecule has 3 rings (SSSR count). The standard InChI is InChI=1S/C18H27N3O2S/c1-19-18(20-9-13-24-15-6-3-2-4-7-15)21-10-12-23-17(14-21)16-8-5-11-22-16/h2-4,6-7,16-17H,5,8-14H2,1H3,(H,19,20). The molecule has 0 aliphatic carbocycles. The second kappa shape index (κ2) is 9.30. The Morgan fingerprint density at radius 2 is 2.08 bits per heavy atom. The third kappa shape index (κ3) is 4.88. The summed E-state index contributed by atoms with van der Waals surface area (Å²) in [6, 6.07) is 10.5. The predicted octanol–water partition coefficient (Wildman–Crippen LogP) is 2.23. The van der Waals surface area contributed by atoms with Crippen molar-refractivity contribution in [2.45, 2.75) is 29.9 Å². The van der Waals surface area contributed by atoms with Crippen LogP contribution in [0.3, 0.4) is 0 Å². The number of hydrogen-bond acceptors (Lipinski definition) is 4. The Morgan fingerprint density at radius 3 is 2.83 bits per heavy atom.